The summed E-state index contributed by atoms with van der Waals surface area (Å²) in [4.78, 5) is 13.9. The Balaban J connectivity index is 0. The van der Waals surface area contributed by atoms with Gasteiger partial charge in [-0.05, 0) is 32.4 Å². The van der Waals surface area contributed by atoms with E-state index >= 15 is 0 Å². The van der Waals surface area contributed by atoms with Crippen LogP contribution < -0.4 is 24.0 Å². The SMILES string of the molecule is CCCCCCCCCCCCCCCCCCCCN(CCCCCCCCCCCCCCCCCCCC)C(CC)CC(=O)[O-].[Li+]. The third kappa shape index (κ3) is 40.7. The molecule has 0 bridgehead atoms. The summed E-state index contributed by atoms with van der Waals surface area (Å²) in [5.41, 5.74) is 0. The molecule has 0 aliphatic rings. The van der Waals surface area contributed by atoms with Crippen LogP contribution in [0.5, 0.6) is 0 Å². The van der Waals surface area contributed by atoms with Crippen LogP contribution in [0.3, 0.4) is 0 Å². The molecule has 0 N–H and O–H groups in total. The predicted octanol–water partition coefficient (Wildman–Crippen LogP) is 11.3. The molecule has 0 aromatic heterocycles. The van der Waals surface area contributed by atoms with E-state index in [4.69, 9.17) is 0 Å². The van der Waals surface area contributed by atoms with Gasteiger partial charge in [0.2, 0.25) is 0 Å². The number of rotatable bonds is 42. The monoisotopic (exact) mass is 684 g/mol. The van der Waals surface area contributed by atoms with Crippen LogP contribution in [-0.4, -0.2) is 30.0 Å². The topological polar surface area (TPSA) is 43.4 Å². The van der Waals surface area contributed by atoms with E-state index in [1.165, 1.54) is 231 Å². The first kappa shape index (κ1) is 51.1. The fourth-order valence-electron chi connectivity index (χ4n) is 7.63. The van der Waals surface area contributed by atoms with Gasteiger partial charge in [-0.1, -0.05) is 239 Å². The average Bonchev–Trinajstić information content (AvgIpc) is 3.08. The molecule has 4 heteroatoms. The van der Waals surface area contributed by atoms with Gasteiger partial charge in [0.05, 0.1) is 0 Å². The fourth-order valence-corrected chi connectivity index (χ4v) is 7.63. The Hall–Kier alpha value is 0.0274. The predicted molar refractivity (Wildman–Crippen MR) is 213 cm³/mol. The first-order valence-corrected chi connectivity index (χ1v) is 22.6. The third-order valence-corrected chi connectivity index (χ3v) is 11.0. The van der Waals surface area contributed by atoms with E-state index in [1.54, 1.807) is 0 Å². The molecule has 0 aromatic rings. The largest absolute Gasteiger partial charge is 1.00 e. The normalized spacial score (nSPS) is 12.1. The smallest absolute Gasteiger partial charge is 0.550 e. The average molecular weight is 684 g/mol. The van der Waals surface area contributed by atoms with Crippen molar-refractivity contribution in [3.8, 4) is 0 Å². The molecule has 0 heterocycles. The van der Waals surface area contributed by atoms with Crippen molar-refractivity contribution in [3.05, 3.63) is 0 Å². The molecule has 0 spiro atoms. The van der Waals surface area contributed by atoms with Gasteiger partial charge in [-0.2, -0.15) is 0 Å². The maximum absolute atomic E-state index is 11.4. The summed E-state index contributed by atoms with van der Waals surface area (Å²) < 4.78 is 0. The molecule has 0 saturated heterocycles. The second-order valence-corrected chi connectivity index (χ2v) is 15.7. The molecule has 0 saturated carbocycles. The second kappa shape index (κ2) is 44.2. The van der Waals surface area contributed by atoms with Crippen LogP contribution in [0.25, 0.3) is 0 Å². The van der Waals surface area contributed by atoms with Crippen molar-refractivity contribution in [1.29, 1.82) is 0 Å². The van der Waals surface area contributed by atoms with Gasteiger partial charge in [0.1, 0.15) is 0 Å². The summed E-state index contributed by atoms with van der Waals surface area (Å²) in [7, 11) is 0. The fraction of sp³-hybridized carbons (Fsp3) is 0.978. The minimum absolute atomic E-state index is 0. The maximum Gasteiger partial charge on any atom is 1.00 e. The quantitative estimate of drug-likeness (QED) is 0.0475. The molecule has 0 aromatic carbocycles. The van der Waals surface area contributed by atoms with E-state index in [2.05, 4.69) is 25.7 Å². The maximum atomic E-state index is 11.4. The molecule has 49 heavy (non-hydrogen) atoms. The van der Waals surface area contributed by atoms with Gasteiger partial charge in [-0.15, -0.1) is 0 Å². The molecule has 0 rings (SSSR count). The van der Waals surface area contributed by atoms with E-state index in [9.17, 15) is 9.90 Å². The number of hydrogen-bond donors (Lipinski definition) is 0. The van der Waals surface area contributed by atoms with Crippen LogP contribution in [-0.2, 0) is 4.79 Å². The summed E-state index contributed by atoms with van der Waals surface area (Å²) >= 11 is 0. The van der Waals surface area contributed by atoms with Crippen molar-refractivity contribution < 1.29 is 28.8 Å². The third-order valence-electron chi connectivity index (χ3n) is 11.0. The van der Waals surface area contributed by atoms with Crippen LogP contribution in [0, 0.1) is 0 Å². The van der Waals surface area contributed by atoms with Crippen LogP contribution in [0.4, 0.5) is 0 Å². The van der Waals surface area contributed by atoms with Crippen molar-refractivity contribution >= 4 is 5.97 Å². The Morgan fingerprint density at radius 3 is 0.776 bits per heavy atom. The zero-order valence-corrected chi connectivity index (χ0v) is 34.6. The molecule has 288 valence electrons. The summed E-state index contributed by atoms with van der Waals surface area (Å²) in [5.74, 6) is -0.887. The number of hydrogen-bond acceptors (Lipinski definition) is 3. The van der Waals surface area contributed by atoms with Gasteiger partial charge in [0, 0.05) is 18.4 Å². The summed E-state index contributed by atoms with van der Waals surface area (Å²) in [5, 5.41) is 11.4. The number of unbranched alkanes of at least 4 members (excludes halogenated alkanes) is 34. The Labute approximate surface area is 322 Å². The Kier molecular flexibility index (Phi) is 46.1. The minimum atomic E-state index is -0.887. The Morgan fingerprint density at radius 2 is 0.592 bits per heavy atom. The minimum Gasteiger partial charge on any atom is -0.550 e. The Bertz CT molecular complexity index is 575. The summed E-state index contributed by atoms with van der Waals surface area (Å²) in [6.45, 7) is 8.86. The van der Waals surface area contributed by atoms with Gasteiger partial charge in [-0.25, -0.2) is 0 Å². The van der Waals surface area contributed by atoms with Gasteiger partial charge >= 0.3 is 18.9 Å². The van der Waals surface area contributed by atoms with Gasteiger partial charge in [0.15, 0.2) is 0 Å². The number of carboxylic acid groups (broad SMARTS) is 1. The van der Waals surface area contributed by atoms with Gasteiger partial charge in [-0.3, -0.25) is 0 Å². The molecule has 1 unspecified atom stereocenters. The number of nitrogens with zero attached hydrogens (tertiary/aromatic N) is 1. The van der Waals surface area contributed by atoms with Crippen molar-refractivity contribution in [2.75, 3.05) is 13.1 Å². The molecule has 3 nitrogen and oxygen atoms in total. The molecule has 0 aliphatic carbocycles. The first-order chi connectivity index (χ1) is 23.7. The van der Waals surface area contributed by atoms with Crippen molar-refractivity contribution in [3.63, 3.8) is 0 Å². The van der Waals surface area contributed by atoms with Crippen molar-refractivity contribution in [2.45, 2.75) is 271 Å². The van der Waals surface area contributed by atoms with Gasteiger partial charge < -0.3 is 14.8 Å². The molecule has 0 amide bonds. The molecule has 0 aliphatic heterocycles. The first-order valence-electron chi connectivity index (χ1n) is 22.6. The zero-order chi connectivity index (χ0) is 35.0. The number of carbonyl (C=O) groups excluding carboxylic acids is 1. The number of carboxylic acids is 1. The molecular weight excluding hydrogens is 593 g/mol. The van der Waals surface area contributed by atoms with Crippen LogP contribution in [0.15, 0.2) is 0 Å². The van der Waals surface area contributed by atoms with E-state index < -0.39 is 5.97 Å². The summed E-state index contributed by atoms with van der Waals surface area (Å²) in [6.07, 6.45) is 51.6. The number of aliphatic carboxylic acids is 1. The summed E-state index contributed by atoms with van der Waals surface area (Å²) in [6, 6.07) is 0.145. The van der Waals surface area contributed by atoms with Crippen LogP contribution in [0.2, 0.25) is 0 Å². The number of carbonyl (C=O) groups is 1. The van der Waals surface area contributed by atoms with Gasteiger partial charge in [0.25, 0.3) is 0 Å². The second-order valence-electron chi connectivity index (χ2n) is 15.7. The van der Waals surface area contributed by atoms with E-state index in [1.807, 2.05) is 0 Å². The zero-order valence-electron chi connectivity index (χ0n) is 34.6. The molecular formula is C45H90LiNO2. The van der Waals surface area contributed by atoms with Crippen LogP contribution in [0.1, 0.15) is 265 Å². The Morgan fingerprint density at radius 1 is 0.388 bits per heavy atom. The van der Waals surface area contributed by atoms with E-state index in [0.717, 1.165) is 19.5 Å². The standard InChI is InChI=1S/C45H91NO2.Li/c1-4-7-9-11-13-15-17-19-21-23-25-27-29-31-33-35-37-39-41-46(44(6-3)43-45(47)48)42-40-38-36-34-32-30-28-26-24-22-20-18-16-14-12-10-8-5-2;/h44H,4-43H2,1-3H3,(H,47,48);/q;+1/p-1. The molecule has 0 fully saturated rings. The van der Waals surface area contributed by atoms with Crippen LogP contribution >= 0.6 is 0 Å². The van der Waals surface area contributed by atoms with E-state index in [0.29, 0.717) is 0 Å². The van der Waals surface area contributed by atoms with Crippen molar-refractivity contribution in [1.82, 2.24) is 4.90 Å². The molecule has 1 atom stereocenters. The molecule has 0 radical (unpaired) electrons. The van der Waals surface area contributed by atoms with E-state index in [-0.39, 0.29) is 31.3 Å². The van der Waals surface area contributed by atoms with Crippen molar-refractivity contribution in [2.24, 2.45) is 0 Å².